The van der Waals surface area contributed by atoms with E-state index in [4.69, 9.17) is 4.74 Å². The topological polar surface area (TPSA) is 26.3 Å². The second kappa shape index (κ2) is 4.17. The molecule has 17 heavy (non-hydrogen) atoms. The number of hydrogen-bond donors (Lipinski definition) is 0. The molecule has 0 saturated heterocycles. The minimum Gasteiger partial charge on any atom is -0.468 e. The highest BCUT2D eigenvalue weighted by atomic mass is 16.5. The van der Waals surface area contributed by atoms with Crippen LogP contribution >= 0.6 is 0 Å². The van der Waals surface area contributed by atoms with E-state index in [1.165, 1.54) is 18.2 Å². The molecule has 0 heterocycles. The van der Waals surface area contributed by atoms with E-state index in [1.807, 2.05) is 0 Å². The maximum absolute atomic E-state index is 11.9. The molecular formula is C15H20O2. The number of esters is 1. The fraction of sp³-hybridized carbons (Fsp3) is 0.533. The third-order valence-electron chi connectivity index (χ3n) is 3.77. The first-order chi connectivity index (χ1) is 8.01. The summed E-state index contributed by atoms with van der Waals surface area (Å²) in [5, 5.41) is 0. The smallest absolute Gasteiger partial charge is 0.316 e. The molecule has 0 N–H and O–H groups in total. The van der Waals surface area contributed by atoms with Crippen molar-refractivity contribution >= 4 is 5.97 Å². The predicted molar refractivity (Wildman–Crippen MR) is 68.2 cm³/mol. The molecule has 0 atom stereocenters. The summed E-state index contributed by atoms with van der Waals surface area (Å²) in [7, 11) is 1.48. The molecule has 0 bridgehead atoms. The van der Waals surface area contributed by atoms with Gasteiger partial charge in [0.1, 0.15) is 0 Å². The maximum atomic E-state index is 11.9. The zero-order valence-corrected chi connectivity index (χ0v) is 11.0. The van der Waals surface area contributed by atoms with Crippen LogP contribution in [-0.4, -0.2) is 13.1 Å². The Morgan fingerprint density at radius 3 is 2.47 bits per heavy atom. The molecule has 2 rings (SSSR count). The molecule has 1 saturated carbocycles. The summed E-state index contributed by atoms with van der Waals surface area (Å²) in [5.41, 5.74) is 3.30. The second-order valence-electron chi connectivity index (χ2n) is 5.30. The zero-order chi connectivity index (χ0) is 12.6. The number of aryl methyl sites for hydroxylation is 1. The molecule has 2 heteroatoms. The zero-order valence-electron chi connectivity index (χ0n) is 11.0. The van der Waals surface area contributed by atoms with Crippen molar-refractivity contribution in [3.63, 3.8) is 0 Å². The van der Waals surface area contributed by atoms with Crippen molar-refractivity contribution in [1.82, 2.24) is 0 Å². The van der Waals surface area contributed by atoms with Crippen molar-refractivity contribution < 1.29 is 9.53 Å². The standard InChI is InChI=1S/C15H20O2/c1-10(2)12-6-5-11(3)13(9-12)15(7-8-15)14(16)17-4/h5-6,9-10H,7-8H2,1-4H3. The fourth-order valence-corrected chi connectivity index (χ4v) is 2.42. The number of ether oxygens (including phenoxy) is 1. The molecule has 0 radical (unpaired) electrons. The molecule has 0 aliphatic heterocycles. The van der Waals surface area contributed by atoms with Gasteiger partial charge in [-0.15, -0.1) is 0 Å². The van der Waals surface area contributed by atoms with E-state index in [0.29, 0.717) is 5.92 Å². The summed E-state index contributed by atoms with van der Waals surface area (Å²) >= 11 is 0. The Kier molecular flexibility index (Phi) is 2.98. The second-order valence-corrected chi connectivity index (χ2v) is 5.30. The Hall–Kier alpha value is -1.31. The normalized spacial score (nSPS) is 17.0. The van der Waals surface area contributed by atoms with Crippen LogP contribution in [0.3, 0.4) is 0 Å². The van der Waals surface area contributed by atoms with Gasteiger partial charge in [0.05, 0.1) is 12.5 Å². The van der Waals surface area contributed by atoms with Gasteiger partial charge in [0.2, 0.25) is 0 Å². The van der Waals surface area contributed by atoms with Crippen molar-refractivity contribution in [3.8, 4) is 0 Å². The lowest BCUT2D eigenvalue weighted by molar-refractivity contribution is -0.143. The summed E-state index contributed by atoms with van der Waals surface area (Å²) in [6.45, 7) is 6.42. The average molecular weight is 232 g/mol. The summed E-state index contributed by atoms with van der Waals surface area (Å²) in [5.74, 6) is 0.407. The van der Waals surface area contributed by atoms with Gasteiger partial charge in [-0.1, -0.05) is 32.0 Å². The average Bonchev–Trinajstić information content (AvgIpc) is 3.09. The van der Waals surface area contributed by atoms with E-state index in [1.54, 1.807) is 0 Å². The highest BCUT2D eigenvalue weighted by Crippen LogP contribution is 2.50. The number of rotatable bonds is 3. The molecular weight excluding hydrogens is 212 g/mol. The summed E-state index contributed by atoms with van der Waals surface area (Å²) < 4.78 is 4.95. The molecule has 1 aromatic rings. The Balaban J connectivity index is 2.45. The van der Waals surface area contributed by atoms with Crippen molar-refractivity contribution in [2.45, 2.75) is 44.9 Å². The minimum absolute atomic E-state index is 0.0819. The number of hydrogen-bond acceptors (Lipinski definition) is 2. The number of carbonyl (C=O) groups is 1. The van der Waals surface area contributed by atoms with Crippen molar-refractivity contribution in [2.75, 3.05) is 7.11 Å². The lowest BCUT2D eigenvalue weighted by atomic mass is 9.88. The fourth-order valence-electron chi connectivity index (χ4n) is 2.42. The van der Waals surface area contributed by atoms with Crippen LogP contribution in [-0.2, 0) is 14.9 Å². The van der Waals surface area contributed by atoms with E-state index in [0.717, 1.165) is 18.4 Å². The van der Waals surface area contributed by atoms with E-state index in [9.17, 15) is 4.79 Å². The first-order valence-electron chi connectivity index (χ1n) is 6.21. The molecule has 0 amide bonds. The largest absolute Gasteiger partial charge is 0.468 e. The van der Waals surface area contributed by atoms with E-state index in [2.05, 4.69) is 39.0 Å². The molecule has 0 unspecified atom stereocenters. The molecule has 2 nitrogen and oxygen atoms in total. The highest BCUT2D eigenvalue weighted by molar-refractivity contribution is 5.87. The van der Waals surface area contributed by atoms with Gasteiger partial charge in [-0.25, -0.2) is 0 Å². The van der Waals surface area contributed by atoms with Crippen LogP contribution in [0.4, 0.5) is 0 Å². The van der Waals surface area contributed by atoms with Gasteiger partial charge in [-0.2, -0.15) is 0 Å². The molecule has 1 fully saturated rings. The first kappa shape index (κ1) is 12.2. The Morgan fingerprint density at radius 1 is 1.35 bits per heavy atom. The molecule has 92 valence electrons. The van der Waals surface area contributed by atoms with E-state index in [-0.39, 0.29) is 11.4 Å². The third-order valence-corrected chi connectivity index (χ3v) is 3.77. The van der Waals surface area contributed by atoms with Gasteiger partial charge >= 0.3 is 5.97 Å². The van der Waals surface area contributed by atoms with Crippen LogP contribution in [0.2, 0.25) is 0 Å². The molecule has 1 aromatic carbocycles. The van der Waals surface area contributed by atoms with Crippen LogP contribution in [0.15, 0.2) is 18.2 Å². The summed E-state index contributed by atoms with van der Waals surface area (Å²) in [6.07, 6.45) is 1.84. The predicted octanol–water partition coefficient (Wildman–Crippen LogP) is 3.32. The SMILES string of the molecule is COC(=O)C1(c2cc(C(C)C)ccc2C)CC1. The molecule has 1 aliphatic rings. The Morgan fingerprint density at radius 2 is 2.00 bits per heavy atom. The minimum atomic E-state index is -0.344. The van der Waals surface area contributed by atoms with Gasteiger partial charge in [0.15, 0.2) is 0 Å². The van der Waals surface area contributed by atoms with Gasteiger partial charge in [-0.05, 0) is 42.4 Å². The molecule has 0 spiro atoms. The Labute approximate surface area is 103 Å². The van der Waals surface area contributed by atoms with Crippen LogP contribution in [0.1, 0.15) is 49.3 Å². The summed E-state index contributed by atoms with van der Waals surface area (Å²) in [4.78, 5) is 11.9. The van der Waals surface area contributed by atoms with Gasteiger partial charge < -0.3 is 4.74 Å². The summed E-state index contributed by atoms with van der Waals surface area (Å²) in [6, 6.07) is 6.45. The van der Waals surface area contributed by atoms with Gasteiger partial charge in [-0.3, -0.25) is 4.79 Å². The Bertz CT molecular complexity index is 442. The lowest BCUT2D eigenvalue weighted by Crippen LogP contribution is -2.23. The lowest BCUT2D eigenvalue weighted by Gasteiger charge is -2.18. The van der Waals surface area contributed by atoms with Gasteiger partial charge in [0.25, 0.3) is 0 Å². The van der Waals surface area contributed by atoms with Crippen molar-refractivity contribution in [2.24, 2.45) is 0 Å². The van der Waals surface area contributed by atoms with Crippen molar-refractivity contribution in [3.05, 3.63) is 34.9 Å². The number of methoxy groups -OCH3 is 1. The number of benzene rings is 1. The van der Waals surface area contributed by atoms with Crippen molar-refractivity contribution in [1.29, 1.82) is 0 Å². The maximum Gasteiger partial charge on any atom is 0.316 e. The number of carbonyl (C=O) groups excluding carboxylic acids is 1. The van der Waals surface area contributed by atoms with E-state index < -0.39 is 0 Å². The van der Waals surface area contributed by atoms with E-state index >= 15 is 0 Å². The van der Waals surface area contributed by atoms with Crippen LogP contribution in [0, 0.1) is 6.92 Å². The first-order valence-corrected chi connectivity index (χ1v) is 6.21. The highest BCUT2D eigenvalue weighted by Gasteiger charge is 2.53. The monoisotopic (exact) mass is 232 g/mol. The van der Waals surface area contributed by atoms with Crippen LogP contribution in [0.25, 0.3) is 0 Å². The molecule has 0 aromatic heterocycles. The van der Waals surface area contributed by atoms with Crippen LogP contribution in [0.5, 0.6) is 0 Å². The molecule has 1 aliphatic carbocycles. The van der Waals surface area contributed by atoms with Gasteiger partial charge in [0, 0.05) is 0 Å². The van der Waals surface area contributed by atoms with Crippen LogP contribution < -0.4 is 0 Å². The third kappa shape index (κ3) is 1.97. The quantitative estimate of drug-likeness (QED) is 0.747.